The molecule has 0 saturated carbocycles. The van der Waals surface area contributed by atoms with Crippen LogP contribution in [0, 0.1) is 11.3 Å². The van der Waals surface area contributed by atoms with Crippen molar-refractivity contribution in [2.24, 2.45) is 0 Å². The van der Waals surface area contributed by atoms with Crippen molar-refractivity contribution in [1.82, 2.24) is 20.0 Å². The summed E-state index contributed by atoms with van der Waals surface area (Å²) in [5.74, 6) is 0. The number of hydrogen-bond donors (Lipinski definition) is 2. The molecule has 13 heteroatoms. The van der Waals surface area contributed by atoms with Crippen LogP contribution in [0.5, 0.6) is 0 Å². The fourth-order valence-electron chi connectivity index (χ4n) is 3.41. The molecule has 9 nitrogen and oxygen atoms in total. The van der Waals surface area contributed by atoms with E-state index < -0.39 is 36.4 Å². The second-order valence-corrected chi connectivity index (χ2v) is 9.66. The third-order valence-electron chi connectivity index (χ3n) is 4.91. The monoisotopic (exact) mass is 513 g/mol. The fourth-order valence-corrected chi connectivity index (χ4v) is 5.83. The second-order valence-electron chi connectivity index (χ2n) is 6.84. The van der Waals surface area contributed by atoms with Gasteiger partial charge in [0.05, 0.1) is 18.4 Å². The van der Waals surface area contributed by atoms with E-state index in [1.54, 1.807) is 29.8 Å². The second kappa shape index (κ2) is 10.0. The number of nitrogens with zero attached hydrogens (tertiary/aromatic N) is 5. The van der Waals surface area contributed by atoms with Gasteiger partial charge in [-0.3, -0.25) is 0 Å². The molecule has 2 N–H and O–H groups in total. The minimum atomic E-state index is -1.13. The van der Waals surface area contributed by atoms with Crippen LogP contribution in [0.3, 0.4) is 0 Å². The van der Waals surface area contributed by atoms with Crippen LogP contribution >= 0.6 is 46.3 Å². The van der Waals surface area contributed by atoms with E-state index in [-0.39, 0.29) is 0 Å². The summed E-state index contributed by atoms with van der Waals surface area (Å²) in [4.78, 5) is 4.78. The SMILES string of the molecule is CO[C@@H]1[C@@H](n2cc(-c3nc(Cl)cs3)nn2)[C@@H](O)[C@@H](CO)O[C@@H]1Sc1cc(Cl)ccc1C#N. The summed E-state index contributed by atoms with van der Waals surface area (Å²) in [6, 6.07) is 6.31. The Labute approximate surface area is 201 Å². The first kappa shape index (κ1) is 23.4. The molecule has 5 atom stereocenters. The van der Waals surface area contributed by atoms with Gasteiger partial charge >= 0.3 is 0 Å². The number of rotatable bonds is 6. The van der Waals surface area contributed by atoms with Crippen LogP contribution in [0.2, 0.25) is 10.2 Å². The van der Waals surface area contributed by atoms with Crippen LogP contribution < -0.4 is 0 Å². The molecule has 0 radical (unpaired) electrons. The zero-order valence-corrected chi connectivity index (χ0v) is 19.6. The lowest BCUT2D eigenvalue weighted by Crippen LogP contribution is -2.55. The molecule has 0 amide bonds. The average Bonchev–Trinajstić information content (AvgIpc) is 3.43. The van der Waals surface area contributed by atoms with Gasteiger partial charge in [0.2, 0.25) is 0 Å². The molecule has 1 fully saturated rings. The van der Waals surface area contributed by atoms with E-state index in [2.05, 4.69) is 21.4 Å². The Morgan fingerprint density at radius 3 is 2.88 bits per heavy atom. The molecular weight excluding hydrogens is 497 g/mol. The zero-order chi connectivity index (χ0) is 22.8. The van der Waals surface area contributed by atoms with Crippen LogP contribution in [-0.2, 0) is 9.47 Å². The van der Waals surface area contributed by atoms with Crippen LogP contribution in [0.1, 0.15) is 11.6 Å². The van der Waals surface area contributed by atoms with E-state index in [0.29, 0.717) is 31.3 Å². The molecule has 1 aliphatic heterocycles. The number of nitriles is 1. The number of thiazole rings is 1. The molecule has 0 spiro atoms. The summed E-state index contributed by atoms with van der Waals surface area (Å²) in [5, 5.41) is 41.6. The Bertz CT molecular complexity index is 1140. The summed E-state index contributed by atoms with van der Waals surface area (Å²) < 4.78 is 13.1. The van der Waals surface area contributed by atoms with E-state index in [4.69, 9.17) is 32.7 Å². The van der Waals surface area contributed by atoms with E-state index in [1.807, 2.05) is 0 Å². The van der Waals surface area contributed by atoms with Crippen LogP contribution in [0.25, 0.3) is 10.7 Å². The van der Waals surface area contributed by atoms with Crippen molar-refractivity contribution in [2.45, 2.75) is 34.7 Å². The van der Waals surface area contributed by atoms with Gasteiger partial charge in [-0.1, -0.05) is 40.2 Å². The smallest absolute Gasteiger partial charge is 0.147 e. The maximum Gasteiger partial charge on any atom is 0.147 e. The molecule has 2 aromatic heterocycles. The number of aliphatic hydroxyl groups is 2. The molecule has 0 unspecified atom stereocenters. The number of ether oxygens (including phenoxy) is 2. The van der Waals surface area contributed by atoms with Gasteiger partial charge < -0.3 is 19.7 Å². The summed E-state index contributed by atoms with van der Waals surface area (Å²) >= 11 is 14.6. The molecule has 32 heavy (non-hydrogen) atoms. The first-order chi connectivity index (χ1) is 15.4. The van der Waals surface area contributed by atoms with E-state index in [0.717, 1.165) is 0 Å². The fraction of sp³-hybridized carbons (Fsp3) is 0.368. The topological polar surface area (TPSA) is 126 Å². The van der Waals surface area contributed by atoms with Gasteiger partial charge in [0.15, 0.2) is 0 Å². The first-order valence-corrected chi connectivity index (χ1v) is 11.8. The molecule has 1 saturated heterocycles. The largest absolute Gasteiger partial charge is 0.394 e. The Hall–Kier alpha value is -1.75. The van der Waals surface area contributed by atoms with Gasteiger partial charge in [-0.05, 0) is 18.2 Å². The van der Waals surface area contributed by atoms with Crippen molar-refractivity contribution < 1.29 is 19.7 Å². The summed E-state index contributed by atoms with van der Waals surface area (Å²) in [5.41, 5.74) is 0.227. The predicted molar refractivity (Wildman–Crippen MR) is 120 cm³/mol. The highest BCUT2D eigenvalue weighted by molar-refractivity contribution is 7.99. The predicted octanol–water partition coefficient (Wildman–Crippen LogP) is 3.01. The molecule has 0 bridgehead atoms. The zero-order valence-electron chi connectivity index (χ0n) is 16.5. The molecule has 3 aromatic rings. The number of hydrogen-bond acceptors (Lipinski definition) is 10. The minimum absolute atomic E-state index is 0.354. The molecule has 1 aromatic carbocycles. The van der Waals surface area contributed by atoms with Crippen molar-refractivity contribution >= 4 is 46.3 Å². The Morgan fingerprint density at radius 2 is 2.22 bits per heavy atom. The highest BCUT2D eigenvalue weighted by Crippen LogP contribution is 2.41. The Kier molecular flexibility index (Phi) is 7.34. The molecular formula is C19H17Cl2N5O4S2. The molecule has 1 aliphatic rings. The number of aromatic nitrogens is 4. The lowest BCUT2D eigenvalue weighted by molar-refractivity contribution is -0.186. The van der Waals surface area contributed by atoms with E-state index in [9.17, 15) is 15.5 Å². The maximum absolute atomic E-state index is 10.9. The summed E-state index contributed by atoms with van der Waals surface area (Å²) in [7, 11) is 1.49. The van der Waals surface area contributed by atoms with Gasteiger partial charge in [-0.25, -0.2) is 9.67 Å². The highest BCUT2D eigenvalue weighted by Gasteiger charge is 2.47. The standard InChI is InChI=1S/C19H17Cl2N5O4S2/c1-29-17-15(26-6-11(24-25-26)18-23-14(21)8-31-18)16(28)12(7-27)30-19(17)32-13-4-10(20)3-2-9(13)5-22/h2-4,6,8,12,15-17,19,27-28H,7H2,1H3/t12-,15+,16+,17-,19-/m1/s1. The van der Waals surface area contributed by atoms with Crippen LogP contribution in [0.15, 0.2) is 34.7 Å². The number of thioether (sulfide) groups is 1. The van der Waals surface area contributed by atoms with Crippen molar-refractivity contribution in [3.8, 4) is 16.8 Å². The molecule has 4 rings (SSSR count). The average molecular weight is 514 g/mol. The maximum atomic E-state index is 10.9. The lowest BCUT2D eigenvalue weighted by Gasteiger charge is -2.43. The van der Waals surface area contributed by atoms with Gasteiger partial charge in [0, 0.05) is 22.4 Å². The molecule has 168 valence electrons. The third kappa shape index (κ3) is 4.64. The quantitative estimate of drug-likeness (QED) is 0.511. The minimum Gasteiger partial charge on any atom is -0.394 e. The first-order valence-electron chi connectivity index (χ1n) is 9.32. The number of halogens is 2. The van der Waals surface area contributed by atoms with Crippen molar-refractivity contribution in [1.29, 1.82) is 5.26 Å². The van der Waals surface area contributed by atoms with Gasteiger partial charge in [-0.15, -0.1) is 16.4 Å². The Balaban J connectivity index is 1.68. The Morgan fingerprint density at radius 1 is 1.41 bits per heavy atom. The summed E-state index contributed by atoms with van der Waals surface area (Å²) in [6.07, 6.45) is -1.10. The number of benzene rings is 1. The van der Waals surface area contributed by atoms with Crippen molar-refractivity contribution in [3.05, 3.63) is 45.5 Å². The van der Waals surface area contributed by atoms with Gasteiger partial charge in [0.25, 0.3) is 0 Å². The number of aliphatic hydroxyl groups excluding tert-OH is 2. The van der Waals surface area contributed by atoms with Crippen LogP contribution in [0.4, 0.5) is 0 Å². The number of methoxy groups -OCH3 is 1. The summed E-state index contributed by atoms with van der Waals surface area (Å²) in [6.45, 7) is -0.421. The van der Waals surface area contributed by atoms with Crippen molar-refractivity contribution in [3.63, 3.8) is 0 Å². The molecule has 0 aliphatic carbocycles. The van der Waals surface area contributed by atoms with E-state index >= 15 is 0 Å². The van der Waals surface area contributed by atoms with Crippen molar-refractivity contribution in [2.75, 3.05) is 13.7 Å². The normalized spacial score (nSPS) is 25.6. The lowest BCUT2D eigenvalue weighted by atomic mass is 9.97. The van der Waals surface area contributed by atoms with E-state index in [1.165, 1.54) is 34.9 Å². The highest BCUT2D eigenvalue weighted by atomic mass is 35.5. The van der Waals surface area contributed by atoms with Gasteiger partial charge in [-0.2, -0.15) is 5.26 Å². The molecule has 3 heterocycles. The third-order valence-corrected chi connectivity index (χ3v) is 7.54. The van der Waals surface area contributed by atoms with Gasteiger partial charge in [0.1, 0.15) is 51.7 Å². The van der Waals surface area contributed by atoms with Crippen LogP contribution in [-0.4, -0.2) is 67.7 Å².